The van der Waals surface area contributed by atoms with Gasteiger partial charge in [0.25, 0.3) is 0 Å². The number of carboxylic acids is 1. The van der Waals surface area contributed by atoms with Crippen molar-refractivity contribution in [2.45, 2.75) is 32.9 Å². The summed E-state index contributed by atoms with van der Waals surface area (Å²) in [5.74, 6) is -1.01. The summed E-state index contributed by atoms with van der Waals surface area (Å²) in [6, 6.07) is 7.14. The minimum Gasteiger partial charge on any atom is -0.481 e. The molecule has 1 aromatic carbocycles. The normalized spacial score (nSPS) is 12.2. The summed E-state index contributed by atoms with van der Waals surface area (Å²) in [5.41, 5.74) is 0.856. The van der Waals surface area contributed by atoms with Crippen LogP contribution in [0.15, 0.2) is 24.3 Å². The number of halogens is 1. The molecule has 0 spiro atoms. The molecule has 5 nitrogen and oxygen atoms in total. The fourth-order valence-electron chi connectivity index (χ4n) is 2.04. The van der Waals surface area contributed by atoms with E-state index in [4.69, 9.17) is 16.7 Å². The Hall–Kier alpha value is -1.59. The SMILES string of the molecule is CCN(CC(=O)NCc1ccccc1Cl)C(C)CC(=O)O. The van der Waals surface area contributed by atoms with Gasteiger partial charge in [0, 0.05) is 17.6 Å². The van der Waals surface area contributed by atoms with Crippen molar-refractivity contribution in [3.8, 4) is 0 Å². The summed E-state index contributed by atoms with van der Waals surface area (Å²) in [4.78, 5) is 24.5. The van der Waals surface area contributed by atoms with Crippen LogP contribution in [0.1, 0.15) is 25.8 Å². The first-order valence-electron chi connectivity index (χ1n) is 6.90. The second-order valence-corrected chi connectivity index (χ2v) is 5.29. The molecule has 0 aliphatic carbocycles. The van der Waals surface area contributed by atoms with E-state index in [-0.39, 0.29) is 24.9 Å². The number of likely N-dealkylation sites (N-methyl/N-ethyl adjacent to an activating group) is 1. The van der Waals surface area contributed by atoms with Crippen LogP contribution in [0, 0.1) is 0 Å². The van der Waals surface area contributed by atoms with Crippen LogP contribution in [0.4, 0.5) is 0 Å². The van der Waals surface area contributed by atoms with Crippen LogP contribution in [-0.4, -0.2) is 41.0 Å². The summed E-state index contributed by atoms with van der Waals surface area (Å²) in [6.45, 7) is 4.87. The highest BCUT2D eigenvalue weighted by atomic mass is 35.5. The number of carbonyl (C=O) groups excluding carboxylic acids is 1. The monoisotopic (exact) mass is 312 g/mol. The maximum absolute atomic E-state index is 11.9. The van der Waals surface area contributed by atoms with Crippen molar-refractivity contribution < 1.29 is 14.7 Å². The van der Waals surface area contributed by atoms with E-state index in [1.807, 2.05) is 30.0 Å². The third kappa shape index (κ3) is 6.14. The zero-order valence-corrected chi connectivity index (χ0v) is 13.1. The second-order valence-electron chi connectivity index (χ2n) is 4.88. The highest BCUT2D eigenvalue weighted by Crippen LogP contribution is 2.14. The minimum absolute atomic E-state index is 0.0195. The predicted molar refractivity (Wildman–Crippen MR) is 82.3 cm³/mol. The molecule has 0 heterocycles. The number of nitrogens with zero attached hydrogens (tertiary/aromatic N) is 1. The van der Waals surface area contributed by atoms with Crippen LogP contribution < -0.4 is 5.32 Å². The average molecular weight is 313 g/mol. The van der Waals surface area contributed by atoms with E-state index in [9.17, 15) is 9.59 Å². The van der Waals surface area contributed by atoms with Crippen molar-refractivity contribution in [2.24, 2.45) is 0 Å². The average Bonchev–Trinajstić information content (AvgIpc) is 2.43. The number of benzene rings is 1. The van der Waals surface area contributed by atoms with Crippen molar-refractivity contribution in [3.05, 3.63) is 34.9 Å². The molecule has 6 heteroatoms. The van der Waals surface area contributed by atoms with Gasteiger partial charge in [-0.15, -0.1) is 0 Å². The van der Waals surface area contributed by atoms with Crippen LogP contribution in [0.5, 0.6) is 0 Å². The van der Waals surface area contributed by atoms with Gasteiger partial charge in [-0.2, -0.15) is 0 Å². The Labute approximate surface area is 129 Å². The van der Waals surface area contributed by atoms with E-state index in [2.05, 4.69) is 5.32 Å². The van der Waals surface area contributed by atoms with E-state index < -0.39 is 5.97 Å². The Balaban J connectivity index is 2.48. The van der Waals surface area contributed by atoms with E-state index in [0.717, 1.165) is 5.56 Å². The zero-order valence-electron chi connectivity index (χ0n) is 12.3. The molecule has 0 saturated heterocycles. The van der Waals surface area contributed by atoms with Crippen LogP contribution in [0.25, 0.3) is 0 Å². The molecule has 1 unspecified atom stereocenters. The summed E-state index contributed by atoms with van der Waals surface area (Å²) in [5, 5.41) is 12.2. The summed E-state index contributed by atoms with van der Waals surface area (Å²) in [6.07, 6.45) is 0.0195. The molecule has 1 aromatic rings. The van der Waals surface area contributed by atoms with Crippen LogP contribution in [0.3, 0.4) is 0 Å². The fourth-order valence-corrected chi connectivity index (χ4v) is 2.24. The van der Waals surface area contributed by atoms with Gasteiger partial charge in [0.05, 0.1) is 13.0 Å². The maximum Gasteiger partial charge on any atom is 0.304 e. The maximum atomic E-state index is 11.9. The lowest BCUT2D eigenvalue weighted by Gasteiger charge is -2.26. The molecule has 21 heavy (non-hydrogen) atoms. The Bertz CT molecular complexity index is 494. The summed E-state index contributed by atoms with van der Waals surface area (Å²) in [7, 11) is 0. The first-order valence-corrected chi connectivity index (χ1v) is 7.27. The molecule has 0 fully saturated rings. The molecular weight excluding hydrogens is 292 g/mol. The molecular formula is C15H21ClN2O3. The number of hydrogen-bond acceptors (Lipinski definition) is 3. The third-order valence-corrected chi connectivity index (χ3v) is 3.65. The zero-order chi connectivity index (χ0) is 15.8. The Morgan fingerprint density at radius 1 is 1.38 bits per heavy atom. The molecule has 0 radical (unpaired) electrons. The molecule has 1 rings (SSSR count). The lowest BCUT2D eigenvalue weighted by molar-refractivity contribution is -0.138. The molecule has 1 atom stereocenters. The van der Waals surface area contributed by atoms with Crippen LogP contribution in [0.2, 0.25) is 5.02 Å². The van der Waals surface area contributed by atoms with Crippen LogP contribution >= 0.6 is 11.6 Å². The van der Waals surface area contributed by atoms with Crippen molar-refractivity contribution in [1.29, 1.82) is 0 Å². The summed E-state index contributed by atoms with van der Waals surface area (Å²) >= 11 is 6.02. The van der Waals surface area contributed by atoms with Gasteiger partial charge in [0.15, 0.2) is 0 Å². The second kappa shape index (κ2) is 8.64. The topological polar surface area (TPSA) is 69.6 Å². The molecule has 0 aromatic heterocycles. The van der Waals surface area contributed by atoms with Gasteiger partial charge < -0.3 is 10.4 Å². The smallest absolute Gasteiger partial charge is 0.304 e. The number of hydrogen-bond donors (Lipinski definition) is 2. The molecule has 0 aliphatic heterocycles. The number of amides is 1. The lowest BCUT2D eigenvalue weighted by atomic mass is 10.2. The lowest BCUT2D eigenvalue weighted by Crippen LogP contribution is -2.42. The van der Waals surface area contributed by atoms with Crippen molar-refractivity contribution in [1.82, 2.24) is 10.2 Å². The van der Waals surface area contributed by atoms with Gasteiger partial charge in [0.1, 0.15) is 0 Å². The van der Waals surface area contributed by atoms with Gasteiger partial charge in [-0.05, 0) is 25.1 Å². The van der Waals surface area contributed by atoms with E-state index in [1.165, 1.54) is 0 Å². The first-order chi connectivity index (χ1) is 9.93. The standard InChI is InChI=1S/C15H21ClN2O3/c1-3-18(11(2)8-15(20)21)10-14(19)17-9-12-6-4-5-7-13(12)16/h4-7,11H,3,8-10H2,1-2H3,(H,17,19)(H,20,21). The third-order valence-electron chi connectivity index (χ3n) is 3.28. The quantitative estimate of drug-likeness (QED) is 0.771. The molecule has 0 bridgehead atoms. The van der Waals surface area contributed by atoms with Gasteiger partial charge in [-0.1, -0.05) is 36.7 Å². The van der Waals surface area contributed by atoms with Crippen molar-refractivity contribution in [2.75, 3.05) is 13.1 Å². The Kier molecular flexibility index (Phi) is 7.19. The Morgan fingerprint density at radius 2 is 2.05 bits per heavy atom. The number of carboxylic acid groups (broad SMARTS) is 1. The molecule has 0 aliphatic rings. The first kappa shape index (κ1) is 17.5. The molecule has 0 saturated carbocycles. The van der Waals surface area contributed by atoms with Crippen LogP contribution in [-0.2, 0) is 16.1 Å². The number of carbonyl (C=O) groups is 2. The minimum atomic E-state index is -0.863. The number of nitrogens with one attached hydrogen (secondary N) is 1. The van der Waals surface area contributed by atoms with Gasteiger partial charge in [-0.3, -0.25) is 14.5 Å². The number of rotatable bonds is 8. The highest BCUT2D eigenvalue weighted by molar-refractivity contribution is 6.31. The Morgan fingerprint density at radius 3 is 2.62 bits per heavy atom. The number of aliphatic carboxylic acids is 1. The predicted octanol–water partition coefficient (Wildman–Crippen LogP) is 2.14. The molecule has 2 N–H and O–H groups in total. The fraction of sp³-hybridized carbons (Fsp3) is 0.467. The molecule has 116 valence electrons. The largest absolute Gasteiger partial charge is 0.481 e. The van der Waals surface area contributed by atoms with E-state index in [1.54, 1.807) is 13.0 Å². The van der Waals surface area contributed by atoms with E-state index >= 15 is 0 Å². The van der Waals surface area contributed by atoms with Gasteiger partial charge in [-0.25, -0.2) is 0 Å². The molecule has 1 amide bonds. The van der Waals surface area contributed by atoms with Crippen molar-refractivity contribution >= 4 is 23.5 Å². The summed E-state index contributed by atoms with van der Waals surface area (Å²) < 4.78 is 0. The van der Waals surface area contributed by atoms with Gasteiger partial charge >= 0.3 is 5.97 Å². The van der Waals surface area contributed by atoms with Gasteiger partial charge in [0.2, 0.25) is 5.91 Å². The van der Waals surface area contributed by atoms with Crippen molar-refractivity contribution in [3.63, 3.8) is 0 Å². The highest BCUT2D eigenvalue weighted by Gasteiger charge is 2.18. The van der Waals surface area contributed by atoms with E-state index in [0.29, 0.717) is 18.1 Å².